The van der Waals surface area contributed by atoms with Crippen molar-refractivity contribution in [2.24, 2.45) is 0 Å². The zero-order valence-electron chi connectivity index (χ0n) is 21.8. The lowest BCUT2D eigenvalue weighted by atomic mass is 10.0. The topological polar surface area (TPSA) is 62.5 Å². The van der Waals surface area contributed by atoms with Gasteiger partial charge in [0.2, 0.25) is 0 Å². The van der Waals surface area contributed by atoms with Gasteiger partial charge in [-0.3, -0.25) is 0 Å². The summed E-state index contributed by atoms with van der Waals surface area (Å²) in [6.07, 6.45) is 20.7. The standard InChI is InChI=1S/C29H48FNO3/c1-3-4-5-6-7-8-9-10-11-12-13-14-15-16-17-18-19-33-24-27(23-32)34-29-20-25(2)26(22-31)21-28(29)30/h20-21,27,32H,3-19,23-24H2,1-2H3. The summed E-state index contributed by atoms with van der Waals surface area (Å²) in [4.78, 5) is 0. The molecule has 0 saturated heterocycles. The number of aliphatic hydroxyl groups is 1. The molecule has 1 aromatic carbocycles. The Balaban J connectivity index is 1.95. The number of aliphatic hydroxyl groups excluding tert-OH is 1. The van der Waals surface area contributed by atoms with Crippen molar-refractivity contribution in [1.29, 1.82) is 5.26 Å². The van der Waals surface area contributed by atoms with Crippen molar-refractivity contribution in [3.8, 4) is 11.8 Å². The number of hydrogen-bond acceptors (Lipinski definition) is 4. The van der Waals surface area contributed by atoms with Crippen molar-refractivity contribution in [1.82, 2.24) is 0 Å². The molecule has 0 aliphatic carbocycles. The van der Waals surface area contributed by atoms with Gasteiger partial charge in [0, 0.05) is 6.61 Å². The van der Waals surface area contributed by atoms with E-state index in [2.05, 4.69) is 6.92 Å². The Morgan fingerprint density at radius 3 is 1.82 bits per heavy atom. The first-order chi connectivity index (χ1) is 16.6. The molecule has 0 bridgehead atoms. The highest BCUT2D eigenvalue weighted by Crippen LogP contribution is 2.23. The molecular weight excluding hydrogens is 429 g/mol. The van der Waals surface area contributed by atoms with E-state index in [4.69, 9.17) is 14.7 Å². The Hall–Kier alpha value is -1.64. The molecule has 0 aromatic heterocycles. The molecular formula is C29H48FNO3. The fraction of sp³-hybridized carbons (Fsp3) is 0.759. The van der Waals surface area contributed by atoms with Gasteiger partial charge in [-0.05, 0) is 31.0 Å². The van der Waals surface area contributed by atoms with E-state index in [0.717, 1.165) is 18.9 Å². The first kappa shape index (κ1) is 30.4. The first-order valence-corrected chi connectivity index (χ1v) is 13.7. The molecule has 1 rings (SSSR count). The number of ether oxygens (including phenoxy) is 2. The predicted molar refractivity (Wildman–Crippen MR) is 138 cm³/mol. The van der Waals surface area contributed by atoms with Crippen LogP contribution in [0.3, 0.4) is 0 Å². The highest BCUT2D eigenvalue weighted by atomic mass is 19.1. The lowest BCUT2D eigenvalue weighted by Gasteiger charge is -2.18. The Labute approximate surface area is 207 Å². The molecule has 4 nitrogen and oxygen atoms in total. The summed E-state index contributed by atoms with van der Waals surface area (Å²) < 4.78 is 25.3. The maximum Gasteiger partial charge on any atom is 0.166 e. The summed E-state index contributed by atoms with van der Waals surface area (Å²) in [6.45, 7) is 4.58. The molecule has 0 aliphatic rings. The summed E-state index contributed by atoms with van der Waals surface area (Å²) in [5.41, 5.74) is 0.926. The van der Waals surface area contributed by atoms with Gasteiger partial charge in [0.05, 0.1) is 24.8 Å². The van der Waals surface area contributed by atoms with Gasteiger partial charge in [0.25, 0.3) is 0 Å². The third-order valence-electron chi connectivity index (χ3n) is 6.34. The number of halogens is 1. The van der Waals surface area contributed by atoms with Gasteiger partial charge in [0.15, 0.2) is 11.6 Å². The van der Waals surface area contributed by atoms with Crippen molar-refractivity contribution in [3.05, 3.63) is 29.1 Å². The van der Waals surface area contributed by atoms with E-state index >= 15 is 0 Å². The molecule has 0 saturated carbocycles. The van der Waals surface area contributed by atoms with Crippen LogP contribution in [0, 0.1) is 24.1 Å². The molecule has 1 N–H and O–H groups in total. The fourth-order valence-corrected chi connectivity index (χ4v) is 4.14. The van der Waals surface area contributed by atoms with Gasteiger partial charge in [-0.15, -0.1) is 0 Å². The Morgan fingerprint density at radius 1 is 0.853 bits per heavy atom. The van der Waals surface area contributed by atoms with E-state index < -0.39 is 11.9 Å². The number of rotatable bonds is 22. The number of nitrogens with zero attached hydrogens (tertiary/aromatic N) is 1. The maximum atomic E-state index is 14.1. The molecule has 0 radical (unpaired) electrons. The van der Waals surface area contributed by atoms with Gasteiger partial charge in [-0.25, -0.2) is 4.39 Å². The summed E-state index contributed by atoms with van der Waals surface area (Å²) in [7, 11) is 0. The van der Waals surface area contributed by atoms with Crippen LogP contribution >= 0.6 is 0 Å². The van der Waals surface area contributed by atoms with E-state index in [0.29, 0.717) is 12.2 Å². The number of hydrogen-bond donors (Lipinski definition) is 1. The monoisotopic (exact) mass is 477 g/mol. The van der Waals surface area contributed by atoms with Gasteiger partial charge in [0.1, 0.15) is 6.10 Å². The maximum absolute atomic E-state index is 14.1. The minimum atomic E-state index is -0.622. The second kappa shape index (κ2) is 20.7. The average molecular weight is 478 g/mol. The molecule has 194 valence electrons. The van der Waals surface area contributed by atoms with Crippen molar-refractivity contribution in [2.75, 3.05) is 19.8 Å². The zero-order chi connectivity index (χ0) is 24.9. The summed E-state index contributed by atoms with van der Waals surface area (Å²) in [6, 6.07) is 4.60. The molecule has 1 unspecified atom stereocenters. The van der Waals surface area contributed by atoms with E-state index in [1.54, 1.807) is 6.92 Å². The molecule has 34 heavy (non-hydrogen) atoms. The minimum absolute atomic E-state index is 0.0431. The molecule has 0 amide bonds. The van der Waals surface area contributed by atoms with Crippen LogP contribution < -0.4 is 4.74 Å². The van der Waals surface area contributed by atoms with Crippen LogP contribution in [0.15, 0.2) is 12.1 Å². The SMILES string of the molecule is CCCCCCCCCCCCCCCCCCOCC(CO)Oc1cc(C)c(C#N)cc1F. The van der Waals surface area contributed by atoms with E-state index in [1.807, 2.05) is 6.07 Å². The number of benzene rings is 1. The van der Waals surface area contributed by atoms with E-state index in [-0.39, 0.29) is 24.5 Å². The van der Waals surface area contributed by atoms with Gasteiger partial charge < -0.3 is 14.6 Å². The molecule has 5 heteroatoms. The Bertz CT molecular complexity index is 674. The van der Waals surface area contributed by atoms with Crippen molar-refractivity contribution in [2.45, 2.75) is 123 Å². The third kappa shape index (κ3) is 14.6. The van der Waals surface area contributed by atoms with Crippen LogP contribution in [0.5, 0.6) is 5.75 Å². The van der Waals surface area contributed by atoms with E-state index in [1.165, 1.54) is 96.0 Å². The van der Waals surface area contributed by atoms with Gasteiger partial charge in [-0.1, -0.05) is 103 Å². The number of nitriles is 1. The lowest BCUT2D eigenvalue weighted by molar-refractivity contribution is 0.0171. The van der Waals surface area contributed by atoms with Crippen LogP contribution in [0.1, 0.15) is 121 Å². The fourth-order valence-electron chi connectivity index (χ4n) is 4.14. The van der Waals surface area contributed by atoms with Crippen LogP contribution in [0.25, 0.3) is 0 Å². The number of aryl methyl sites for hydroxylation is 1. The van der Waals surface area contributed by atoms with Crippen LogP contribution in [-0.2, 0) is 4.74 Å². The van der Waals surface area contributed by atoms with Gasteiger partial charge >= 0.3 is 0 Å². The predicted octanol–water partition coefficient (Wildman–Crippen LogP) is 8.02. The summed E-state index contributed by atoms with van der Waals surface area (Å²) in [5, 5.41) is 18.5. The second-order valence-corrected chi connectivity index (χ2v) is 9.51. The molecule has 1 aromatic rings. The molecule has 0 heterocycles. The molecule has 0 aliphatic heterocycles. The summed E-state index contributed by atoms with van der Waals surface area (Å²) in [5.74, 6) is -0.556. The lowest BCUT2D eigenvalue weighted by Crippen LogP contribution is -2.27. The quantitative estimate of drug-likeness (QED) is 0.172. The minimum Gasteiger partial charge on any atom is -0.483 e. The summed E-state index contributed by atoms with van der Waals surface area (Å²) >= 11 is 0. The molecule has 0 spiro atoms. The first-order valence-electron chi connectivity index (χ1n) is 13.7. The van der Waals surface area contributed by atoms with E-state index in [9.17, 15) is 9.50 Å². The Kier molecular flexibility index (Phi) is 18.5. The van der Waals surface area contributed by atoms with Crippen molar-refractivity contribution >= 4 is 0 Å². The third-order valence-corrected chi connectivity index (χ3v) is 6.34. The number of unbranched alkanes of at least 4 members (excludes halogenated alkanes) is 15. The van der Waals surface area contributed by atoms with Crippen LogP contribution in [0.2, 0.25) is 0 Å². The van der Waals surface area contributed by atoms with Crippen LogP contribution in [-0.4, -0.2) is 31.0 Å². The average Bonchev–Trinajstić information content (AvgIpc) is 2.84. The highest BCUT2D eigenvalue weighted by Gasteiger charge is 2.15. The van der Waals surface area contributed by atoms with Crippen molar-refractivity contribution in [3.63, 3.8) is 0 Å². The smallest absolute Gasteiger partial charge is 0.166 e. The van der Waals surface area contributed by atoms with Crippen molar-refractivity contribution < 1.29 is 19.0 Å². The van der Waals surface area contributed by atoms with Gasteiger partial charge in [-0.2, -0.15) is 5.26 Å². The normalized spacial score (nSPS) is 12.0. The second-order valence-electron chi connectivity index (χ2n) is 9.51. The largest absolute Gasteiger partial charge is 0.483 e. The van der Waals surface area contributed by atoms with Crippen LogP contribution in [0.4, 0.5) is 4.39 Å². The molecule has 0 fully saturated rings. The highest BCUT2D eigenvalue weighted by molar-refractivity contribution is 5.42. The Morgan fingerprint density at radius 2 is 1.35 bits per heavy atom. The molecule has 1 atom stereocenters. The zero-order valence-corrected chi connectivity index (χ0v) is 21.8.